The van der Waals surface area contributed by atoms with E-state index in [2.05, 4.69) is 28.4 Å². The fourth-order valence-electron chi connectivity index (χ4n) is 4.26. The number of likely N-dealkylation sites (tertiary alicyclic amines) is 1. The standard InChI is InChI=1S/C23H30N2O2S/c1-27-20-8-6-18(7-9-20)16-25-12-10-17(11-13-25)15-24-23(26)22-14-19-4-2-3-5-21(19)28-22/h6-9,14,17H,2-5,10-13,15-16H2,1H3,(H,24,26). The number of thiophene rings is 1. The Bertz CT molecular complexity index is 768. The molecule has 1 aromatic carbocycles. The number of carbonyl (C=O) groups is 1. The van der Waals surface area contributed by atoms with E-state index in [1.807, 2.05) is 12.1 Å². The average molecular weight is 399 g/mol. The van der Waals surface area contributed by atoms with E-state index in [1.54, 1.807) is 18.4 Å². The Hall–Kier alpha value is -1.85. The number of amides is 1. The molecule has 1 saturated heterocycles. The highest BCUT2D eigenvalue weighted by Crippen LogP contribution is 2.29. The van der Waals surface area contributed by atoms with E-state index in [-0.39, 0.29) is 5.91 Å². The molecule has 2 aromatic rings. The van der Waals surface area contributed by atoms with Gasteiger partial charge in [-0.3, -0.25) is 9.69 Å². The number of ether oxygens (including phenoxy) is 1. The SMILES string of the molecule is COc1ccc(CN2CCC(CNC(=O)c3cc4c(s3)CCCC4)CC2)cc1. The third-order valence-corrected chi connectivity index (χ3v) is 7.28. The average Bonchev–Trinajstić information content (AvgIpc) is 3.18. The van der Waals surface area contributed by atoms with Crippen molar-refractivity contribution in [3.63, 3.8) is 0 Å². The second-order valence-electron chi connectivity index (χ2n) is 8.04. The van der Waals surface area contributed by atoms with E-state index < -0.39 is 0 Å². The van der Waals surface area contributed by atoms with Crippen LogP contribution in [0.25, 0.3) is 0 Å². The molecule has 2 aliphatic rings. The molecule has 1 fully saturated rings. The van der Waals surface area contributed by atoms with E-state index in [1.165, 1.54) is 28.8 Å². The third-order valence-electron chi connectivity index (χ3n) is 6.04. The van der Waals surface area contributed by atoms with Crippen LogP contribution >= 0.6 is 11.3 Å². The molecule has 0 spiro atoms. The highest BCUT2D eigenvalue weighted by Gasteiger charge is 2.21. The summed E-state index contributed by atoms with van der Waals surface area (Å²) in [6.45, 7) is 3.99. The van der Waals surface area contributed by atoms with Gasteiger partial charge in [0.2, 0.25) is 0 Å². The number of nitrogens with one attached hydrogen (secondary N) is 1. The lowest BCUT2D eigenvalue weighted by atomic mass is 9.96. The molecule has 0 radical (unpaired) electrons. The van der Waals surface area contributed by atoms with Gasteiger partial charge in [-0.15, -0.1) is 11.3 Å². The van der Waals surface area contributed by atoms with Crippen LogP contribution in [0.15, 0.2) is 30.3 Å². The summed E-state index contributed by atoms with van der Waals surface area (Å²) >= 11 is 1.71. The highest BCUT2D eigenvalue weighted by molar-refractivity contribution is 7.14. The molecule has 28 heavy (non-hydrogen) atoms. The first kappa shape index (κ1) is 19.5. The maximum absolute atomic E-state index is 12.5. The van der Waals surface area contributed by atoms with Crippen LogP contribution in [0.1, 0.15) is 51.4 Å². The molecule has 2 heterocycles. The van der Waals surface area contributed by atoms with Gasteiger partial charge in [0.05, 0.1) is 12.0 Å². The lowest BCUT2D eigenvalue weighted by molar-refractivity contribution is 0.0939. The van der Waals surface area contributed by atoms with E-state index in [4.69, 9.17) is 4.74 Å². The molecule has 1 aromatic heterocycles. The molecule has 0 unspecified atom stereocenters. The molecule has 1 N–H and O–H groups in total. The van der Waals surface area contributed by atoms with Crippen LogP contribution in [0.2, 0.25) is 0 Å². The van der Waals surface area contributed by atoms with E-state index >= 15 is 0 Å². The molecule has 1 aliphatic carbocycles. The van der Waals surface area contributed by atoms with Crippen LogP contribution in [-0.4, -0.2) is 37.6 Å². The zero-order valence-electron chi connectivity index (χ0n) is 16.7. The van der Waals surface area contributed by atoms with Crippen LogP contribution in [-0.2, 0) is 19.4 Å². The molecule has 4 nitrogen and oxygen atoms in total. The molecule has 1 amide bonds. The summed E-state index contributed by atoms with van der Waals surface area (Å²) < 4.78 is 5.23. The molecule has 5 heteroatoms. The summed E-state index contributed by atoms with van der Waals surface area (Å²) in [5.41, 5.74) is 2.74. The number of rotatable bonds is 6. The van der Waals surface area contributed by atoms with Gasteiger partial charge in [-0.25, -0.2) is 0 Å². The largest absolute Gasteiger partial charge is 0.497 e. The lowest BCUT2D eigenvalue weighted by Crippen LogP contribution is -2.38. The first-order valence-electron chi connectivity index (χ1n) is 10.5. The number of methoxy groups -OCH3 is 1. The van der Waals surface area contributed by atoms with Crippen molar-refractivity contribution < 1.29 is 9.53 Å². The zero-order chi connectivity index (χ0) is 19.3. The minimum Gasteiger partial charge on any atom is -0.497 e. The Morgan fingerprint density at radius 2 is 1.93 bits per heavy atom. The van der Waals surface area contributed by atoms with Crippen LogP contribution in [0, 0.1) is 5.92 Å². The summed E-state index contributed by atoms with van der Waals surface area (Å²) in [4.78, 5) is 17.4. The number of benzene rings is 1. The van der Waals surface area contributed by atoms with E-state index in [9.17, 15) is 4.79 Å². The van der Waals surface area contributed by atoms with Gasteiger partial charge in [-0.2, -0.15) is 0 Å². The maximum Gasteiger partial charge on any atom is 0.261 e. The number of hydrogen-bond acceptors (Lipinski definition) is 4. The Morgan fingerprint density at radius 3 is 2.64 bits per heavy atom. The predicted molar refractivity (Wildman–Crippen MR) is 114 cm³/mol. The van der Waals surface area contributed by atoms with Crippen LogP contribution in [0.3, 0.4) is 0 Å². The van der Waals surface area contributed by atoms with Gasteiger partial charge in [-0.1, -0.05) is 12.1 Å². The number of hydrogen-bond donors (Lipinski definition) is 1. The number of aryl methyl sites for hydroxylation is 2. The number of piperidine rings is 1. The van der Waals surface area contributed by atoms with E-state index in [0.29, 0.717) is 5.92 Å². The first-order valence-corrected chi connectivity index (χ1v) is 11.3. The predicted octanol–water partition coefficient (Wildman–Crippen LogP) is 4.28. The summed E-state index contributed by atoms with van der Waals surface area (Å²) in [5, 5.41) is 3.19. The smallest absolute Gasteiger partial charge is 0.261 e. The van der Waals surface area contributed by atoms with Gasteiger partial charge >= 0.3 is 0 Å². The van der Waals surface area contributed by atoms with Crippen molar-refractivity contribution in [2.24, 2.45) is 5.92 Å². The topological polar surface area (TPSA) is 41.6 Å². The van der Waals surface area contributed by atoms with Crippen molar-refractivity contribution in [2.45, 2.75) is 45.1 Å². The molecular weight excluding hydrogens is 368 g/mol. The molecule has 0 saturated carbocycles. The number of fused-ring (bicyclic) bond motifs is 1. The summed E-state index contributed by atoms with van der Waals surface area (Å²) in [5.74, 6) is 1.62. The van der Waals surface area contributed by atoms with Crippen molar-refractivity contribution in [2.75, 3.05) is 26.7 Å². The second kappa shape index (κ2) is 9.10. The summed E-state index contributed by atoms with van der Waals surface area (Å²) in [7, 11) is 1.70. The van der Waals surface area contributed by atoms with Gasteiger partial charge in [0, 0.05) is 18.0 Å². The van der Waals surface area contributed by atoms with Crippen LogP contribution in [0.4, 0.5) is 0 Å². The molecule has 0 atom stereocenters. The molecule has 150 valence electrons. The first-order chi connectivity index (χ1) is 13.7. The third kappa shape index (κ3) is 4.76. The Kier molecular flexibility index (Phi) is 6.33. The van der Waals surface area contributed by atoms with Gasteiger partial charge in [-0.05, 0) is 86.9 Å². The second-order valence-corrected chi connectivity index (χ2v) is 9.18. The van der Waals surface area contributed by atoms with Gasteiger partial charge in [0.25, 0.3) is 5.91 Å². The van der Waals surface area contributed by atoms with Crippen molar-refractivity contribution in [1.82, 2.24) is 10.2 Å². The number of nitrogens with zero attached hydrogens (tertiary/aromatic N) is 1. The fourth-order valence-corrected chi connectivity index (χ4v) is 5.43. The lowest BCUT2D eigenvalue weighted by Gasteiger charge is -2.32. The minimum atomic E-state index is 0.125. The fraction of sp³-hybridized carbons (Fsp3) is 0.522. The van der Waals surface area contributed by atoms with Crippen LogP contribution in [0.5, 0.6) is 5.75 Å². The van der Waals surface area contributed by atoms with E-state index in [0.717, 1.165) is 62.5 Å². The summed E-state index contributed by atoms with van der Waals surface area (Å²) in [6.07, 6.45) is 7.13. The Labute approximate surface area is 171 Å². The van der Waals surface area contributed by atoms with Gasteiger partial charge in [0.15, 0.2) is 0 Å². The quantitative estimate of drug-likeness (QED) is 0.790. The van der Waals surface area contributed by atoms with Gasteiger partial charge in [0.1, 0.15) is 5.75 Å². The molecule has 4 rings (SSSR count). The van der Waals surface area contributed by atoms with Crippen molar-refractivity contribution >= 4 is 17.2 Å². The van der Waals surface area contributed by atoms with Gasteiger partial charge < -0.3 is 10.1 Å². The molecule has 1 aliphatic heterocycles. The zero-order valence-corrected chi connectivity index (χ0v) is 17.5. The molecular formula is C23H30N2O2S. The van der Waals surface area contributed by atoms with Crippen LogP contribution < -0.4 is 10.1 Å². The summed E-state index contributed by atoms with van der Waals surface area (Å²) in [6, 6.07) is 10.5. The number of carbonyl (C=O) groups excluding carboxylic acids is 1. The Morgan fingerprint density at radius 1 is 1.18 bits per heavy atom. The monoisotopic (exact) mass is 398 g/mol. The van der Waals surface area contributed by atoms with Crippen molar-refractivity contribution in [3.8, 4) is 5.75 Å². The molecule has 0 bridgehead atoms. The minimum absolute atomic E-state index is 0.125. The normalized spacial score (nSPS) is 17.9. The highest BCUT2D eigenvalue weighted by atomic mass is 32.1. The van der Waals surface area contributed by atoms with Crippen molar-refractivity contribution in [1.29, 1.82) is 0 Å². The Balaban J connectivity index is 1.21. The maximum atomic E-state index is 12.5. The van der Waals surface area contributed by atoms with Crippen molar-refractivity contribution in [3.05, 3.63) is 51.2 Å².